The predicted octanol–water partition coefficient (Wildman–Crippen LogP) is -0.670. The highest BCUT2D eigenvalue weighted by atomic mass is 32.1. The monoisotopic (exact) mass is 177 g/mol. The molecule has 0 spiro atoms. The van der Waals surface area contributed by atoms with Gasteiger partial charge in [-0.3, -0.25) is 9.59 Å². The van der Waals surface area contributed by atoms with Crippen LogP contribution < -0.4 is 5.32 Å². The molecule has 0 saturated carbocycles. The minimum Gasteiger partial charge on any atom is -0.364 e. The van der Waals surface area contributed by atoms with E-state index in [2.05, 4.69) is 17.9 Å². The van der Waals surface area contributed by atoms with Gasteiger partial charge in [-0.25, -0.2) is 0 Å². The van der Waals surface area contributed by atoms with Crippen LogP contribution in [-0.4, -0.2) is 28.3 Å². The molecule has 4 nitrogen and oxygen atoms in total. The fourth-order valence-corrected chi connectivity index (χ4v) is 0.832. The third-order valence-electron chi connectivity index (χ3n) is 1.19. The Balaban J connectivity index is 4.34. The van der Waals surface area contributed by atoms with E-state index in [1.54, 1.807) is 0 Å². The summed E-state index contributed by atoms with van der Waals surface area (Å²) in [6.45, 7) is 2.41. The van der Waals surface area contributed by atoms with Gasteiger partial charge in [-0.2, -0.15) is 12.6 Å². The number of hydrogen-bond acceptors (Lipinski definition) is 4. The van der Waals surface area contributed by atoms with Gasteiger partial charge in [0.15, 0.2) is 5.78 Å². The fraction of sp³-hybridized carbons (Fsp3) is 0.667. The van der Waals surface area contributed by atoms with Crippen molar-refractivity contribution in [3.63, 3.8) is 0 Å². The molecule has 0 aliphatic rings. The molecule has 2 N–H and O–H groups in total. The summed E-state index contributed by atoms with van der Waals surface area (Å²) in [4.78, 5) is 21.2. The summed E-state index contributed by atoms with van der Waals surface area (Å²) in [5.41, 5.74) is -1.81. The van der Waals surface area contributed by atoms with Gasteiger partial charge in [-0.15, -0.1) is 0 Å². The number of Topliss-reactive ketones (excluding diaryl/α,β-unsaturated/α-hetero) is 1. The van der Waals surface area contributed by atoms with E-state index in [9.17, 15) is 14.7 Å². The van der Waals surface area contributed by atoms with Crippen LogP contribution in [0.25, 0.3) is 0 Å². The molecular weight excluding hydrogens is 166 g/mol. The van der Waals surface area contributed by atoms with Gasteiger partial charge in [-0.1, -0.05) is 0 Å². The van der Waals surface area contributed by atoms with Crippen LogP contribution in [0.5, 0.6) is 0 Å². The van der Waals surface area contributed by atoms with E-state index < -0.39 is 17.4 Å². The quantitative estimate of drug-likeness (QED) is 0.395. The van der Waals surface area contributed by atoms with Crippen LogP contribution in [0.2, 0.25) is 0 Å². The van der Waals surface area contributed by atoms with Crippen molar-refractivity contribution in [1.29, 1.82) is 0 Å². The first-order valence-electron chi connectivity index (χ1n) is 3.05. The highest BCUT2D eigenvalue weighted by Crippen LogP contribution is 2.03. The third kappa shape index (κ3) is 2.90. The first-order chi connectivity index (χ1) is 4.92. The lowest BCUT2D eigenvalue weighted by molar-refractivity contribution is -0.142. The molecule has 5 heteroatoms. The van der Waals surface area contributed by atoms with Crippen LogP contribution in [-0.2, 0) is 9.59 Å². The zero-order chi connectivity index (χ0) is 9.07. The van der Waals surface area contributed by atoms with Gasteiger partial charge in [0, 0.05) is 12.7 Å². The average Bonchev–Trinajstić information content (AvgIpc) is 1.86. The van der Waals surface area contributed by atoms with E-state index in [-0.39, 0.29) is 5.75 Å². The number of ketones is 1. The van der Waals surface area contributed by atoms with Gasteiger partial charge < -0.3 is 10.4 Å². The third-order valence-corrected chi connectivity index (χ3v) is 1.65. The Hall–Kier alpha value is -0.550. The number of amides is 1. The summed E-state index contributed by atoms with van der Waals surface area (Å²) in [7, 11) is 0. The zero-order valence-electron chi connectivity index (χ0n) is 6.42. The zero-order valence-corrected chi connectivity index (χ0v) is 7.31. The molecule has 1 atom stereocenters. The minimum atomic E-state index is -1.81. The van der Waals surface area contributed by atoms with Crippen LogP contribution >= 0.6 is 12.6 Å². The van der Waals surface area contributed by atoms with Gasteiger partial charge in [-0.05, 0) is 6.92 Å². The normalized spacial score (nSPS) is 15.3. The van der Waals surface area contributed by atoms with Gasteiger partial charge in [0.25, 0.3) is 0 Å². The Kier molecular flexibility index (Phi) is 3.54. The summed E-state index contributed by atoms with van der Waals surface area (Å²) in [5.74, 6) is -1.11. The smallest absolute Gasteiger partial charge is 0.219 e. The van der Waals surface area contributed by atoms with Crippen molar-refractivity contribution in [3.8, 4) is 0 Å². The molecule has 0 aromatic rings. The molecule has 0 rings (SSSR count). The van der Waals surface area contributed by atoms with Crippen molar-refractivity contribution < 1.29 is 14.7 Å². The van der Waals surface area contributed by atoms with E-state index in [4.69, 9.17) is 0 Å². The molecule has 64 valence electrons. The van der Waals surface area contributed by atoms with Gasteiger partial charge in [0.1, 0.15) is 0 Å². The molecule has 0 radical (unpaired) electrons. The van der Waals surface area contributed by atoms with Gasteiger partial charge in [0.05, 0.1) is 0 Å². The highest BCUT2D eigenvalue weighted by molar-refractivity contribution is 7.80. The molecule has 0 heterocycles. The van der Waals surface area contributed by atoms with Crippen molar-refractivity contribution in [2.75, 3.05) is 5.75 Å². The standard InChI is InChI=1S/C6H11NO3S/c1-4(8)6(10,3-11)7-5(2)9/h10-11H,3H2,1-2H3,(H,7,9). The lowest BCUT2D eigenvalue weighted by atomic mass is 10.2. The number of carbonyl (C=O) groups is 2. The summed E-state index contributed by atoms with van der Waals surface area (Å²) >= 11 is 3.73. The summed E-state index contributed by atoms with van der Waals surface area (Å²) in [5, 5.41) is 11.4. The van der Waals surface area contributed by atoms with Crippen molar-refractivity contribution in [1.82, 2.24) is 5.32 Å². The fourth-order valence-electron chi connectivity index (χ4n) is 0.530. The summed E-state index contributed by atoms with van der Waals surface area (Å²) in [6, 6.07) is 0. The molecule has 0 aliphatic carbocycles. The van der Waals surface area contributed by atoms with Gasteiger partial charge >= 0.3 is 0 Å². The van der Waals surface area contributed by atoms with E-state index in [0.717, 1.165) is 0 Å². The SMILES string of the molecule is CC(=O)NC(O)(CS)C(C)=O. The summed E-state index contributed by atoms with van der Waals surface area (Å²) < 4.78 is 0. The molecule has 0 aromatic carbocycles. The molecule has 0 fully saturated rings. The molecule has 0 bridgehead atoms. The Bertz CT molecular complexity index is 183. The maximum Gasteiger partial charge on any atom is 0.219 e. The number of aliphatic hydroxyl groups is 1. The first-order valence-corrected chi connectivity index (χ1v) is 3.68. The van der Waals surface area contributed by atoms with Crippen LogP contribution in [0, 0.1) is 0 Å². The van der Waals surface area contributed by atoms with Crippen LogP contribution in [0.15, 0.2) is 0 Å². The number of thiol groups is 1. The Morgan fingerprint density at radius 2 is 2.00 bits per heavy atom. The van der Waals surface area contributed by atoms with E-state index >= 15 is 0 Å². The molecule has 1 amide bonds. The topological polar surface area (TPSA) is 66.4 Å². The van der Waals surface area contributed by atoms with E-state index in [1.165, 1.54) is 13.8 Å². The van der Waals surface area contributed by atoms with Gasteiger partial charge in [0.2, 0.25) is 11.6 Å². The van der Waals surface area contributed by atoms with E-state index in [0.29, 0.717) is 0 Å². The first kappa shape index (κ1) is 10.4. The predicted molar refractivity (Wildman–Crippen MR) is 43.3 cm³/mol. The van der Waals surface area contributed by atoms with Crippen LogP contribution in [0.1, 0.15) is 13.8 Å². The Morgan fingerprint density at radius 1 is 1.55 bits per heavy atom. The van der Waals surface area contributed by atoms with Crippen molar-refractivity contribution in [2.24, 2.45) is 0 Å². The van der Waals surface area contributed by atoms with Crippen molar-refractivity contribution in [3.05, 3.63) is 0 Å². The molecular formula is C6H11NO3S. The lowest BCUT2D eigenvalue weighted by Gasteiger charge is -2.23. The maximum atomic E-state index is 10.7. The minimum absolute atomic E-state index is 0.123. The Morgan fingerprint density at radius 3 is 2.09 bits per heavy atom. The lowest BCUT2D eigenvalue weighted by Crippen LogP contribution is -2.54. The highest BCUT2D eigenvalue weighted by Gasteiger charge is 2.31. The molecule has 11 heavy (non-hydrogen) atoms. The second-order valence-electron chi connectivity index (χ2n) is 2.26. The number of hydrogen-bond donors (Lipinski definition) is 3. The molecule has 0 saturated heterocycles. The number of rotatable bonds is 3. The second kappa shape index (κ2) is 3.73. The van der Waals surface area contributed by atoms with Crippen LogP contribution in [0.4, 0.5) is 0 Å². The number of carbonyl (C=O) groups excluding carboxylic acids is 2. The largest absolute Gasteiger partial charge is 0.364 e. The average molecular weight is 177 g/mol. The Labute approximate surface area is 70.4 Å². The van der Waals surface area contributed by atoms with E-state index in [1.807, 2.05) is 0 Å². The molecule has 0 aliphatic heterocycles. The van der Waals surface area contributed by atoms with Crippen molar-refractivity contribution >= 4 is 24.3 Å². The number of nitrogens with one attached hydrogen (secondary N) is 1. The van der Waals surface area contributed by atoms with Crippen LogP contribution in [0.3, 0.4) is 0 Å². The molecule has 1 unspecified atom stereocenters. The maximum absolute atomic E-state index is 10.7. The van der Waals surface area contributed by atoms with Crippen molar-refractivity contribution in [2.45, 2.75) is 19.6 Å². The second-order valence-corrected chi connectivity index (χ2v) is 2.57. The summed E-state index contributed by atoms with van der Waals surface area (Å²) in [6.07, 6.45) is 0. The molecule has 0 aromatic heterocycles.